The summed E-state index contributed by atoms with van der Waals surface area (Å²) < 4.78 is 63.2. The number of carbonyl (C=O) groups is 1. The highest BCUT2D eigenvalue weighted by atomic mass is 35.5. The molecule has 1 unspecified atom stereocenters. The van der Waals surface area contributed by atoms with Crippen LogP contribution in [0.15, 0.2) is 56.7 Å². The van der Waals surface area contributed by atoms with Crippen LogP contribution in [0.25, 0.3) is 0 Å². The summed E-state index contributed by atoms with van der Waals surface area (Å²) in [5.41, 5.74) is 0.277. The van der Waals surface area contributed by atoms with Gasteiger partial charge in [0, 0.05) is 18.8 Å². The Balaban J connectivity index is 1.70. The lowest BCUT2D eigenvalue weighted by Crippen LogP contribution is -2.36. The van der Waals surface area contributed by atoms with Crippen molar-refractivity contribution in [2.24, 2.45) is 4.36 Å². The molecule has 1 aromatic heterocycles. The van der Waals surface area contributed by atoms with Crippen molar-refractivity contribution in [1.29, 1.82) is 0 Å². The number of aromatic nitrogens is 2. The van der Waals surface area contributed by atoms with Gasteiger partial charge in [0.15, 0.2) is 0 Å². The summed E-state index contributed by atoms with van der Waals surface area (Å²) in [6, 6.07) is 8.64. The minimum Gasteiger partial charge on any atom is -0.344 e. The first-order valence-electron chi connectivity index (χ1n) is 11.2. The molecule has 4 rings (SSSR count). The zero-order valence-corrected chi connectivity index (χ0v) is 21.4. The van der Waals surface area contributed by atoms with Gasteiger partial charge in [0.25, 0.3) is 11.8 Å². The zero-order valence-electron chi connectivity index (χ0n) is 19.8. The molecule has 0 bridgehead atoms. The van der Waals surface area contributed by atoms with Crippen LogP contribution in [-0.2, 0) is 15.7 Å². The molecule has 3 aromatic rings. The van der Waals surface area contributed by atoms with Crippen LogP contribution < -0.4 is 5.32 Å². The fourth-order valence-corrected chi connectivity index (χ4v) is 6.10. The molecule has 6 nitrogen and oxygen atoms in total. The van der Waals surface area contributed by atoms with Crippen LogP contribution in [0.5, 0.6) is 0 Å². The van der Waals surface area contributed by atoms with Gasteiger partial charge in [0.2, 0.25) is 0 Å². The second kappa shape index (κ2) is 9.82. The van der Waals surface area contributed by atoms with Crippen LogP contribution in [0.2, 0.25) is 5.02 Å². The first kappa shape index (κ1) is 26.1. The Hall–Kier alpha value is -2.98. The quantitative estimate of drug-likeness (QED) is 0.413. The molecule has 0 aliphatic heterocycles. The van der Waals surface area contributed by atoms with E-state index in [9.17, 15) is 17.8 Å². The summed E-state index contributed by atoms with van der Waals surface area (Å²) >= 11 is 5.99. The third-order valence-corrected chi connectivity index (χ3v) is 8.58. The number of halogens is 4. The minimum atomic E-state index is -3.70. The van der Waals surface area contributed by atoms with E-state index in [1.165, 1.54) is 38.2 Å². The molecule has 36 heavy (non-hydrogen) atoms. The molecule has 2 aromatic carbocycles. The van der Waals surface area contributed by atoms with Crippen LogP contribution >= 0.6 is 11.6 Å². The fourth-order valence-electron chi connectivity index (χ4n) is 3.88. The predicted octanol–water partition coefficient (Wildman–Crippen LogP) is 5.80. The largest absolute Gasteiger partial charge is 0.344 e. The number of nitrogens with zero attached hydrogens (tertiary/aromatic N) is 3. The summed E-state index contributed by atoms with van der Waals surface area (Å²) in [4.78, 5) is 20.7. The van der Waals surface area contributed by atoms with Gasteiger partial charge in [-0.3, -0.25) is 4.79 Å². The average molecular weight is 537 g/mol. The Morgan fingerprint density at radius 3 is 2.58 bits per heavy atom. The van der Waals surface area contributed by atoms with Gasteiger partial charge in [-0.15, -0.1) is 0 Å². The highest BCUT2D eigenvalue weighted by molar-refractivity contribution is 7.93. The number of carbonyl (C=O) groups excluding carboxylic acids is 1. The number of hydrogen-bond donors (Lipinski definition) is 1. The van der Waals surface area contributed by atoms with E-state index in [2.05, 4.69) is 19.6 Å². The third kappa shape index (κ3) is 4.97. The monoisotopic (exact) mass is 536 g/mol. The average Bonchev–Trinajstić information content (AvgIpc) is 3.67. The van der Waals surface area contributed by atoms with Gasteiger partial charge in [-0.05, 0) is 55.9 Å². The minimum absolute atomic E-state index is 0.0401. The van der Waals surface area contributed by atoms with Crippen molar-refractivity contribution in [1.82, 2.24) is 15.3 Å². The summed E-state index contributed by atoms with van der Waals surface area (Å²) in [5, 5.41) is 2.02. The molecule has 190 valence electrons. The van der Waals surface area contributed by atoms with Gasteiger partial charge in [-0.25, -0.2) is 22.9 Å². The maximum Gasteiger partial charge on any atom is 0.291 e. The topological polar surface area (TPSA) is 84.3 Å². The Bertz CT molecular complexity index is 1470. The smallest absolute Gasteiger partial charge is 0.291 e. The number of alkyl halides is 2. The van der Waals surface area contributed by atoms with E-state index >= 15 is 4.39 Å². The zero-order chi connectivity index (χ0) is 26.3. The van der Waals surface area contributed by atoms with Crippen molar-refractivity contribution >= 4 is 27.2 Å². The number of rotatable bonds is 7. The van der Waals surface area contributed by atoms with E-state index in [0.29, 0.717) is 11.1 Å². The molecule has 1 atom stereocenters. The van der Waals surface area contributed by atoms with E-state index in [1.807, 2.05) is 0 Å². The van der Waals surface area contributed by atoms with Gasteiger partial charge in [0.05, 0.1) is 16.5 Å². The predicted molar refractivity (Wildman–Crippen MR) is 131 cm³/mol. The first-order valence-corrected chi connectivity index (χ1v) is 13.1. The second-order valence-electron chi connectivity index (χ2n) is 8.64. The Morgan fingerprint density at radius 2 is 1.94 bits per heavy atom. The number of amides is 1. The number of benzene rings is 2. The van der Waals surface area contributed by atoms with Crippen LogP contribution in [0.1, 0.15) is 51.8 Å². The number of nitrogens with one attached hydrogen (secondary N) is 1. The van der Waals surface area contributed by atoms with Crippen LogP contribution in [0.4, 0.5) is 13.2 Å². The van der Waals surface area contributed by atoms with E-state index in [1.54, 1.807) is 19.1 Å². The van der Waals surface area contributed by atoms with Gasteiger partial charge in [-0.2, -0.15) is 8.78 Å². The molecule has 1 fully saturated rings. The molecule has 0 radical (unpaired) electrons. The van der Waals surface area contributed by atoms with Crippen molar-refractivity contribution in [3.63, 3.8) is 0 Å². The highest BCUT2D eigenvalue weighted by Crippen LogP contribution is 2.43. The molecular weight excluding hydrogens is 513 g/mol. The molecule has 1 aliphatic carbocycles. The summed E-state index contributed by atoms with van der Waals surface area (Å²) in [5.74, 6) is -5.00. The first-order chi connectivity index (χ1) is 17.0. The Labute approximate surface area is 212 Å². The van der Waals surface area contributed by atoms with Crippen LogP contribution in [-0.4, -0.2) is 33.7 Å². The summed E-state index contributed by atoms with van der Waals surface area (Å²) in [6.07, 6.45) is 2.78. The summed E-state index contributed by atoms with van der Waals surface area (Å²) in [6.45, 7) is 2.11. The van der Waals surface area contributed by atoms with Crippen molar-refractivity contribution in [2.75, 3.05) is 13.6 Å². The van der Waals surface area contributed by atoms with E-state index in [0.717, 1.165) is 19.0 Å². The van der Waals surface area contributed by atoms with Crippen molar-refractivity contribution in [3.05, 3.63) is 81.6 Å². The molecule has 1 aliphatic rings. The molecule has 1 N–H and O–H groups in total. The molecular formula is C25H24ClF3N4O2S. The van der Waals surface area contributed by atoms with Gasteiger partial charge < -0.3 is 5.32 Å². The van der Waals surface area contributed by atoms with E-state index in [4.69, 9.17) is 11.6 Å². The normalized spacial score (nSPS) is 15.3. The molecule has 1 amide bonds. The lowest BCUT2D eigenvalue weighted by molar-refractivity contribution is -0.00245. The van der Waals surface area contributed by atoms with Gasteiger partial charge >= 0.3 is 0 Å². The van der Waals surface area contributed by atoms with Crippen molar-refractivity contribution in [2.45, 2.75) is 48.3 Å². The van der Waals surface area contributed by atoms with Crippen LogP contribution in [0.3, 0.4) is 0 Å². The SMILES string of the molecule is CN=S(=O)(c1cnc(C)nc1C(=O)NCC(F)(F)c1ccc(C)cc1Cl)c1cccc(C2CC2)c1F. The Morgan fingerprint density at radius 1 is 1.22 bits per heavy atom. The van der Waals surface area contributed by atoms with Crippen molar-refractivity contribution < 1.29 is 22.2 Å². The van der Waals surface area contributed by atoms with E-state index in [-0.39, 0.29) is 26.6 Å². The lowest BCUT2D eigenvalue weighted by atomic mass is 10.1. The summed E-state index contributed by atoms with van der Waals surface area (Å²) in [7, 11) is -2.46. The maximum absolute atomic E-state index is 15.4. The van der Waals surface area contributed by atoms with Crippen molar-refractivity contribution in [3.8, 4) is 0 Å². The van der Waals surface area contributed by atoms with Crippen LogP contribution in [0, 0.1) is 19.7 Å². The third-order valence-electron chi connectivity index (χ3n) is 5.94. The molecule has 1 heterocycles. The van der Waals surface area contributed by atoms with Gasteiger partial charge in [-0.1, -0.05) is 35.9 Å². The number of aryl methyl sites for hydroxylation is 2. The fraction of sp³-hybridized carbons (Fsp3) is 0.320. The number of hydrogen-bond acceptors (Lipinski definition) is 5. The lowest BCUT2D eigenvalue weighted by Gasteiger charge is -2.20. The van der Waals surface area contributed by atoms with Gasteiger partial charge in [0.1, 0.15) is 32.0 Å². The molecule has 11 heteroatoms. The highest BCUT2D eigenvalue weighted by Gasteiger charge is 2.36. The molecule has 0 spiro atoms. The Kier molecular flexibility index (Phi) is 7.12. The molecule has 0 saturated heterocycles. The van der Waals surface area contributed by atoms with E-state index < -0.39 is 45.2 Å². The standard InChI is InChI=1S/C25H24ClF3N4O2S/c1-14-7-10-18(19(26)11-14)25(28,29)13-32-24(34)23-21(12-31-15(2)33-23)36(35,30-3)20-6-4-5-17(22(20)27)16-8-9-16/h4-7,10-12,16H,8-9,13H2,1-3H3,(H,32,34). The maximum atomic E-state index is 15.4. The second-order valence-corrected chi connectivity index (χ2v) is 11.3. The molecule has 1 saturated carbocycles.